The van der Waals surface area contributed by atoms with Gasteiger partial charge in [-0.25, -0.2) is 15.0 Å². The molecule has 0 aliphatic carbocycles. The van der Waals surface area contributed by atoms with E-state index < -0.39 is 0 Å². The Morgan fingerprint density at radius 3 is 2.59 bits per heavy atom. The monoisotopic (exact) mass is 471 g/mol. The van der Waals surface area contributed by atoms with Crippen molar-refractivity contribution >= 4 is 27.4 Å². The van der Waals surface area contributed by atoms with Gasteiger partial charge in [0.1, 0.15) is 16.3 Å². The second-order valence-corrected chi connectivity index (χ2v) is 9.55. The molecule has 1 fully saturated rings. The quantitative estimate of drug-likeness (QED) is 0.379. The third kappa shape index (κ3) is 3.48. The Hall–Kier alpha value is -3.56. The number of aryl methyl sites for hydroxylation is 2. The van der Waals surface area contributed by atoms with Crippen molar-refractivity contribution in [3.05, 3.63) is 55.0 Å². The summed E-state index contributed by atoms with van der Waals surface area (Å²) in [4.78, 5) is 19.0. The van der Waals surface area contributed by atoms with Crippen molar-refractivity contribution in [3.8, 4) is 33.3 Å². The summed E-state index contributed by atoms with van der Waals surface area (Å²) in [6.07, 6.45) is 6.84. The van der Waals surface area contributed by atoms with Crippen LogP contribution in [0.25, 0.3) is 43.6 Å². The summed E-state index contributed by atoms with van der Waals surface area (Å²) < 4.78 is 9.47. The minimum atomic E-state index is 0.190. The van der Waals surface area contributed by atoms with Crippen molar-refractivity contribution in [2.45, 2.75) is 12.5 Å². The van der Waals surface area contributed by atoms with Crippen molar-refractivity contribution in [3.63, 3.8) is 0 Å². The van der Waals surface area contributed by atoms with Crippen LogP contribution < -0.4 is 4.90 Å². The predicted octanol–water partition coefficient (Wildman–Crippen LogP) is 4.38. The summed E-state index contributed by atoms with van der Waals surface area (Å²) in [6.45, 7) is 1.68. The van der Waals surface area contributed by atoms with E-state index in [4.69, 9.17) is 19.8 Å². The molecule has 0 saturated carbocycles. The van der Waals surface area contributed by atoms with Crippen LogP contribution in [0.15, 0.2) is 55.0 Å². The van der Waals surface area contributed by atoms with Crippen LogP contribution in [0.1, 0.15) is 6.42 Å². The number of nitrogens with zero attached hydrogens (tertiary/aromatic N) is 7. The fraction of sp³-hybridized carbons (Fsp3) is 0.280. The van der Waals surface area contributed by atoms with E-state index in [1.54, 1.807) is 24.6 Å². The van der Waals surface area contributed by atoms with Gasteiger partial charge in [-0.2, -0.15) is 5.10 Å². The van der Waals surface area contributed by atoms with E-state index in [0.29, 0.717) is 5.82 Å². The molecule has 0 amide bonds. The molecule has 0 bridgehead atoms. The fourth-order valence-electron chi connectivity index (χ4n) is 4.60. The highest BCUT2D eigenvalue weighted by molar-refractivity contribution is 7.22. The number of ether oxygens (including phenoxy) is 1. The van der Waals surface area contributed by atoms with Gasteiger partial charge in [0.2, 0.25) is 0 Å². The average Bonchev–Trinajstić information content (AvgIpc) is 3.64. The van der Waals surface area contributed by atoms with Crippen molar-refractivity contribution in [2.24, 2.45) is 14.1 Å². The number of imidazole rings is 1. The van der Waals surface area contributed by atoms with Crippen LogP contribution in [0.5, 0.6) is 0 Å². The Kier molecular flexibility index (Phi) is 5.15. The van der Waals surface area contributed by atoms with E-state index in [1.165, 1.54) is 0 Å². The smallest absolute Gasteiger partial charge is 0.199 e. The molecule has 1 aliphatic rings. The third-order valence-electron chi connectivity index (χ3n) is 6.34. The first kappa shape index (κ1) is 21.0. The maximum Gasteiger partial charge on any atom is 0.199 e. The molecular weight excluding hydrogens is 446 g/mol. The molecule has 5 heterocycles. The number of methoxy groups -OCH3 is 1. The molecule has 8 nitrogen and oxygen atoms in total. The van der Waals surface area contributed by atoms with Crippen LogP contribution in [-0.2, 0) is 18.8 Å². The number of rotatable bonds is 5. The zero-order valence-electron chi connectivity index (χ0n) is 19.3. The van der Waals surface area contributed by atoms with Gasteiger partial charge in [0.15, 0.2) is 11.6 Å². The Morgan fingerprint density at radius 1 is 1.06 bits per heavy atom. The van der Waals surface area contributed by atoms with Crippen molar-refractivity contribution < 1.29 is 4.74 Å². The number of thiophene rings is 1. The predicted molar refractivity (Wildman–Crippen MR) is 135 cm³/mol. The zero-order valence-corrected chi connectivity index (χ0v) is 20.2. The second-order valence-electron chi connectivity index (χ2n) is 8.55. The van der Waals surface area contributed by atoms with Crippen molar-refractivity contribution in [1.29, 1.82) is 0 Å². The van der Waals surface area contributed by atoms with E-state index >= 15 is 0 Å². The Morgan fingerprint density at radius 2 is 1.91 bits per heavy atom. The molecule has 0 radical (unpaired) electrons. The van der Waals surface area contributed by atoms with Crippen LogP contribution >= 0.6 is 11.3 Å². The molecule has 1 unspecified atom stereocenters. The lowest BCUT2D eigenvalue weighted by Crippen LogP contribution is -2.23. The molecule has 34 heavy (non-hydrogen) atoms. The normalized spacial score (nSPS) is 16.1. The topological polar surface area (TPSA) is 73.9 Å². The number of hydrogen-bond donors (Lipinski definition) is 0. The summed E-state index contributed by atoms with van der Waals surface area (Å²) in [7, 11) is 5.69. The highest BCUT2D eigenvalue weighted by atomic mass is 32.1. The first-order chi connectivity index (χ1) is 16.6. The summed E-state index contributed by atoms with van der Waals surface area (Å²) in [5, 5.41) is 5.79. The first-order valence-electron chi connectivity index (χ1n) is 11.3. The highest BCUT2D eigenvalue weighted by Crippen LogP contribution is 2.47. The number of hydrogen-bond acceptors (Lipinski definition) is 7. The number of fused-ring (bicyclic) bond motifs is 1. The van der Waals surface area contributed by atoms with Crippen molar-refractivity contribution in [1.82, 2.24) is 29.3 Å². The summed E-state index contributed by atoms with van der Waals surface area (Å²) in [6, 6.07) is 12.5. The fourth-order valence-corrected chi connectivity index (χ4v) is 5.76. The molecule has 1 aromatic carbocycles. The SMILES string of the molecule is COC1CCN(c2nc(-c3nccn3C)nc3sc(-c4ccn(C)n4)c(-c4ccccc4)c23)C1. The maximum absolute atomic E-state index is 5.68. The van der Waals surface area contributed by atoms with Crippen LogP contribution in [0.3, 0.4) is 0 Å². The summed E-state index contributed by atoms with van der Waals surface area (Å²) >= 11 is 1.66. The number of aromatic nitrogens is 6. The average molecular weight is 472 g/mol. The van der Waals surface area contributed by atoms with E-state index in [2.05, 4.69) is 40.2 Å². The molecule has 1 saturated heterocycles. The van der Waals surface area contributed by atoms with E-state index in [-0.39, 0.29) is 6.10 Å². The van der Waals surface area contributed by atoms with Crippen LogP contribution in [0.4, 0.5) is 5.82 Å². The maximum atomic E-state index is 5.68. The number of benzene rings is 1. The minimum Gasteiger partial charge on any atom is -0.380 e. The van der Waals surface area contributed by atoms with Crippen LogP contribution in [0.2, 0.25) is 0 Å². The second kappa shape index (κ2) is 8.34. The van der Waals surface area contributed by atoms with Gasteiger partial charge in [-0.15, -0.1) is 11.3 Å². The zero-order chi connectivity index (χ0) is 23.2. The lowest BCUT2D eigenvalue weighted by Gasteiger charge is -2.20. The molecule has 172 valence electrons. The largest absolute Gasteiger partial charge is 0.380 e. The molecule has 6 rings (SSSR count). The lowest BCUT2D eigenvalue weighted by atomic mass is 10.0. The molecule has 4 aromatic heterocycles. The molecule has 1 aliphatic heterocycles. The Labute approximate surface area is 201 Å². The standard InChI is InChI=1S/C25H25N7OS/c1-30-14-11-26-24(30)22-27-23(32-13-9-17(15-32)33-3)20-19(16-7-5-4-6-8-16)21(34-25(20)28-22)18-10-12-31(2)29-18/h4-8,10-12,14,17H,9,13,15H2,1-3H3. The number of anilines is 1. The van der Waals surface area contributed by atoms with Gasteiger partial charge in [-0.3, -0.25) is 4.68 Å². The molecule has 5 aromatic rings. The van der Waals surface area contributed by atoms with Gasteiger partial charge in [-0.05, 0) is 18.1 Å². The minimum absolute atomic E-state index is 0.190. The highest BCUT2D eigenvalue weighted by Gasteiger charge is 2.30. The van der Waals surface area contributed by atoms with Gasteiger partial charge in [0.05, 0.1) is 16.4 Å². The van der Waals surface area contributed by atoms with Gasteiger partial charge >= 0.3 is 0 Å². The van der Waals surface area contributed by atoms with Gasteiger partial charge in [0.25, 0.3) is 0 Å². The molecular formula is C25H25N7OS. The Balaban J connectivity index is 1.67. The molecule has 9 heteroatoms. The summed E-state index contributed by atoms with van der Waals surface area (Å²) in [5.74, 6) is 2.31. The van der Waals surface area contributed by atoms with E-state index in [1.807, 2.05) is 41.8 Å². The lowest BCUT2D eigenvalue weighted by molar-refractivity contribution is 0.121. The molecule has 0 N–H and O–H groups in total. The first-order valence-corrected chi connectivity index (χ1v) is 12.1. The third-order valence-corrected chi connectivity index (χ3v) is 7.45. The van der Waals surface area contributed by atoms with Crippen molar-refractivity contribution in [2.75, 3.05) is 25.1 Å². The van der Waals surface area contributed by atoms with Crippen LogP contribution in [0, 0.1) is 0 Å². The van der Waals surface area contributed by atoms with E-state index in [0.717, 1.165) is 63.1 Å². The molecule has 1 atom stereocenters. The summed E-state index contributed by atoms with van der Waals surface area (Å²) in [5.41, 5.74) is 3.19. The Bertz CT molecular complexity index is 1470. The van der Waals surface area contributed by atoms with Gasteiger partial charge in [0, 0.05) is 58.4 Å². The molecule has 0 spiro atoms. The van der Waals surface area contributed by atoms with Gasteiger partial charge in [-0.1, -0.05) is 30.3 Å². The van der Waals surface area contributed by atoms with Gasteiger partial charge < -0.3 is 14.2 Å². The van der Waals surface area contributed by atoms with E-state index in [9.17, 15) is 0 Å². The van der Waals surface area contributed by atoms with Crippen LogP contribution in [-0.4, -0.2) is 55.6 Å².